The van der Waals surface area contributed by atoms with Crippen molar-refractivity contribution in [1.82, 2.24) is 4.98 Å². The van der Waals surface area contributed by atoms with Gasteiger partial charge in [-0.1, -0.05) is 0 Å². The third kappa shape index (κ3) is 4.07. The summed E-state index contributed by atoms with van der Waals surface area (Å²) < 4.78 is 11.3. The summed E-state index contributed by atoms with van der Waals surface area (Å²) in [7, 11) is 0. The highest BCUT2D eigenvalue weighted by Crippen LogP contribution is 2.13. The molecule has 94 valence electrons. The molecule has 2 rings (SSSR count). The lowest BCUT2D eigenvalue weighted by atomic mass is 10.1. The van der Waals surface area contributed by atoms with Gasteiger partial charge in [-0.25, -0.2) is 0 Å². The Morgan fingerprint density at radius 2 is 2.41 bits per heavy atom. The Morgan fingerprint density at radius 3 is 3.18 bits per heavy atom. The molecular formula is C13H20N2O2. The molecule has 0 aromatic carbocycles. The predicted molar refractivity (Wildman–Crippen MR) is 65.4 cm³/mol. The van der Waals surface area contributed by atoms with Crippen LogP contribution in [0.5, 0.6) is 0 Å². The molecule has 1 fully saturated rings. The van der Waals surface area contributed by atoms with Gasteiger partial charge in [-0.2, -0.15) is 0 Å². The average molecular weight is 236 g/mol. The van der Waals surface area contributed by atoms with Crippen molar-refractivity contribution in [2.75, 3.05) is 13.2 Å². The van der Waals surface area contributed by atoms with Gasteiger partial charge in [0.25, 0.3) is 0 Å². The first-order valence-electron chi connectivity index (χ1n) is 6.21. The van der Waals surface area contributed by atoms with Crippen LogP contribution in [0, 0.1) is 0 Å². The van der Waals surface area contributed by atoms with E-state index in [2.05, 4.69) is 4.98 Å². The number of aromatic nitrogens is 1. The van der Waals surface area contributed by atoms with Crippen molar-refractivity contribution in [3.8, 4) is 0 Å². The van der Waals surface area contributed by atoms with Crippen molar-refractivity contribution in [2.24, 2.45) is 5.73 Å². The molecule has 4 nitrogen and oxygen atoms in total. The molecule has 0 bridgehead atoms. The lowest BCUT2D eigenvalue weighted by molar-refractivity contribution is -0.0447. The smallest absolute Gasteiger partial charge is 0.0808 e. The topological polar surface area (TPSA) is 57.4 Å². The van der Waals surface area contributed by atoms with Gasteiger partial charge in [-0.3, -0.25) is 4.98 Å². The van der Waals surface area contributed by atoms with Gasteiger partial charge in [0.1, 0.15) is 0 Å². The first kappa shape index (κ1) is 12.5. The second-order valence-electron chi connectivity index (χ2n) is 4.36. The number of pyridine rings is 1. The van der Waals surface area contributed by atoms with Crippen LogP contribution in [0.25, 0.3) is 0 Å². The van der Waals surface area contributed by atoms with Gasteiger partial charge >= 0.3 is 0 Å². The van der Waals surface area contributed by atoms with E-state index in [1.165, 1.54) is 12.8 Å². The molecule has 0 aliphatic carbocycles. The summed E-state index contributed by atoms with van der Waals surface area (Å²) in [5, 5.41) is 0. The fourth-order valence-corrected chi connectivity index (χ4v) is 1.98. The molecule has 0 amide bonds. The number of hydrogen-bond donors (Lipinski definition) is 1. The Labute approximate surface area is 102 Å². The quantitative estimate of drug-likeness (QED) is 0.844. The third-order valence-corrected chi connectivity index (χ3v) is 2.94. The summed E-state index contributed by atoms with van der Waals surface area (Å²) in [6, 6.07) is 3.95. The van der Waals surface area contributed by atoms with E-state index in [1.807, 2.05) is 12.1 Å². The molecule has 4 heteroatoms. The zero-order valence-electron chi connectivity index (χ0n) is 10.1. The molecule has 17 heavy (non-hydrogen) atoms. The number of hydrogen-bond acceptors (Lipinski definition) is 4. The third-order valence-electron chi connectivity index (χ3n) is 2.94. The van der Waals surface area contributed by atoms with E-state index >= 15 is 0 Å². The second kappa shape index (κ2) is 6.69. The number of nitrogens with zero attached hydrogens (tertiary/aromatic N) is 1. The highest BCUT2D eigenvalue weighted by atomic mass is 16.5. The van der Waals surface area contributed by atoms with E-state index in [0.29, 0.717) is 19.8 Å². The summed E-state index contributed by atoms with van der Waals surface area (Å²) in [6.45, 7) is 2.63. The van der Waals surface area contributed by atoms with E-state index < -0.39 is 0 Å². The van der Waals surface area contributed by atoms with Crippen molar-refractivity contribution in [3.05, 3.63) is 29.6 Å². The van der Waals surface area contributed by atoms with Gasteiger partial charge in [-0.15, -0.1) is 0 Å². The van der Waals surface area contributed by atoms with Gasteiger partial charge in [0.05, 0.1) is 25.0 Å². The first-order chi connectivity index (χ1) is 8.38. The van der Waals surface area contributed by atoms with Gasteiger partial charge < -0.3 is 15.2 Å². The largest absolute Gasteiger partial charge is 0.376 e. The van der Waals surface area contributed by atoms with E-state index in [4.69, 9.17) is 15.2 Å². The van der Waals surface area contributed by atoms with Crippen LogP contribution in [-0.4, -0.2) is 24.3 Å². The number of nitrogens with two attached hydrogens (primary N) is 1. The zero-order valence-corrected chi connectivity index (χ0v) is 10.1. The Morgan fingerprint density at radius 1 is 1.47 bits per heavy atom. The molecule has 1 aliphatic heterocycles. The van der Waals surface area contributed by atoms with Crippen LogP contribution >= 0.6 is 0 Å². The Kier molecular flexibility index (Phi) is 4.91. The van der Waals surface area contributed by atoms with Crippen molar-refractivity contribution in [1.29, 1.82) is 0 Å². The van der Waals surface area contributed by atoms with Crippen LogP contribution in [0.2, 0.25) is 0 Å². The summed E-state index contributed by atoms with van der Waals surface area (Å²) >= 11 is 0. The summed E-state index contributed by atoms with van der Waals surface area (Å²) in [4.78, 5) is 4.15. The SMILES string of the molecule is NCc1cc(COCC2CCCCO2)ccn1. The standard InChI is InChI=1S/C13H20N2O2/c14-8-12-7-11(4-5-15-12)9-16-10-13-3-1-2-6-17-13/h4-5,7,13H,1-3,6,8-10,14H2. The molecule has 0 saturated carbocycles. The van der Waals surface area contributed by atoms with E-state index in [-0.39, 0.29) is 6.10 Å². The highest BCUT2D eigenvalue weighted by molar-refractivity contribution is 5.15. The van der Waals surface area contributed by atoms with Crippen LogP contribution in [0.15, 0.2) is 18.3 Å². The van der Waals surface area contributed by atoms with Gasteiger partial charge in [0.15, 0.2) is 0 Å². The molecule has 0 spiro atoms. The summed E-state index contributed by atoms with van der Waals surface area (Å²) in [5.74, 6) is 0. The highest BCUT2D eigenvalue weighted by Gasteiger charge is 2.13. The Balaban J connectivity index is 1.73. The van der Waals surface area contributed by atoms with E-state index in [0.717, 1.165) is 24.3 Å². The minimum Gasteiger partial charge on any atom is -0.376 e. The molecule has 1 aromatic heterocycles. The zero-order chi connectivity index (χ0) is 11.9. The van der Waals surface area contributed by atoms with Gasteiger partial charge in [0.2, 0.25) is 0 Å². The maximum absolute atomic E-state index is 5.67. The molecule has 1 aliphatic rings. The normalized spacial score (nSPS) is 20.4. The maximum atomic E-state index is 5.67. The van der Waals surface area contributed by atoms with Crippen LogP contribution in [-0.2, 0) is 22.6 Å². The monoisotopic (exact) mass is 236 g/mol. The molecule has 1 atom stereocenters. The molecule has 2 heterocycles. The Hall–Kier alpha value is -0.970. The van der Waals surface area contributed by atoms with E-state index in [1.54, 1.807) is 6.20 Å². The average Bonchev–Trinajstić information content (AvgIpc) is 2.40. The molecule has 1 saturated heterocycles. The van der Waals surface area contributed by atoms with Crippen LogP contribution < -0.4 is 5.73 Å². The number of ether oxygens (including phenoxy) is 2. The van der Waals surface area contributed by atoms with Crippen molar-refractivity contribution in [2.45, 2.75) is 38.5 Å². The first-order valence-corrected chi connectivity index (χ1v) is 6.21. The second-order valence-corrected chi connectivity index (χ2v) is 4.36. The summed E-state index contributed by atoms with van der Waals surface area (Å²) in [6.07, 6.45) is 5.60. The molecule has 1 aromatic rings. The fourth-order valence-electron chi connectivity index (χ4n) is 1.98. The fraction of sp³-hybridized carbons (Fsp3) is 0.615. The molecule has 1 unspecified atom stereocenters. The van der Waals surface area contributed by atoms with Crippen molar-refractivity contribution < 1.29 is 9.47 Å². The minimum atomic E-state index is 0.277. The molecule has 0 radical (unpaired) electrons. The predicted octanol–water partition coefficient (Wildman–Crippen LogP) is 1.63. The van der Waals surface area contributed by atoms with Crippen molar-refractivity contribution in [3.63, 3.8) is 0 Å². The van der Waals surface area contributed by atoms with E-state index in [9.17, 15) is 0 Å². The Bertz CT molecular complexity index is 338. The lowest BCUT2D eigenvalue weighted by Crippen LogP contribution is -2.24. The summed E-state index contributed by atoms with van der Waals surface area (Å²) in [5.41, 5.74) is 7.57. The minimum absolute atomic E-state index is 0.277. The van der Waals surface area contributed by atoms with Crippen molar-refractivity contribution >= 4 is 0 Å². The molecular weight excluding hydrogens is 216 g/mol. The van der Waals surface area contributed by atoms with Crippen LogP contribution in [0.4, 0.5) is 0 Å². The van der Waals surface area contributed by atoms with Gasteiger partial charge in [-0.05, 0) is 37.0 Å². The van der Waals surface area contributed by atoms with Crippen LogP contribution in [0.3, 0.4) is 0 Å². The molecule has 2 N–H and O–H groups in total. The lowest BCUT2D eigenvalue weighted by Gasteiger charge is -2.22. The van der Waals surface area contributed by atoms with Crippen LogP contribution in [0.1, 0.15) is 30.5 Å². The van der Waals surface area contributed by atoms with Gasteiger partial charge in [0, 0.05) is 19.3 Å². The maximum Gasteiger partial charge on any atom is 0.0808 e. The number of rotatable bonds is 5.